The van der Waals surface area contributed by atoms with Gasteiger partial charge in [0.25, 0.3) is 5.91 Å². The minimum atomic E-state index is -0.854. The lowest BCUT2D eigenvalue weighted by Crippen LogP contribution is -2.29. The van der Waals surface area contributed by atoms with E-state index in [1.165, 1.54) is 35.1 Å². The van der Waals surface area contributed by atoms with Gasteiger partial charge in [-0.1, -0.05) is 36.1 Å². The summed E-state index contributed by atoms with van der Waals surface area (Å²) in [6, 6.07) is 10.2. The van der Waals surface area contributed by atoms with Crippen molar-refractivity contribution in [1.82, 2.24) is 4.90 Å². The van der Waals surface area contributed by atoms with E-state index < -0.39 is 11.9 Å². The maximum atomic E-state index is 12.6. The summed E-state index contributed by atoms with van der Waals surface area (Å²) in [6.07, 6.45) is 7.15. The van der Waals surface area contributed by atoms with Gasteiger partial charge in [0, 0.05) is 19.0 Å². The molecule has 3 rings (SSSR count). The standard InChI is InChI=1S/C22H19NO6S2/c24-19(25)5-1-2-12-23-21(27)18(31-22(23)30)14-15-6-8-17(9-7-15)29-20(26)11-10-16-4-3-13-28-16/h3-4,6-11,13-14H,1-2,5,12H2,(H,24,25)/b11-10+,18-14+. The lowest BCUT2D eigenvalue weighted by Gasteiger charge is -2.13. The second-order valence-corrected chi connectivity index (χ2v) is 8.20. The Labute approximate surface area is 188 Å². The lowest BCUT2D eigenvalue weighted by atomic mass is 10.2. The Hall–Kier alpha value is -3.17. The third-order valence-electron chi connectivity index (χ3n) is 4.22. The van der Waals surface area contributed by atoms with E-state index in [0.717, 1.165) is 5.56 Å². The predicted octanol–water partition coefficient (Wildman–Crippen LogP) is 4.35. The zero-order valence-electron chi connectivity index (χ0n) is 16.4. The Morgan fingerprint density at radius 1 is 1.19 bits per heavy atom. The first kappa shape index (κ1) is 22.5. The molecule has 0 saturated carbocycles. The van der Waals surface area contributed by atoms with Crippen LogP contribution in [0.5, 0.6) is 5.75 Å². The summed E-state index contributed by atoms with van der Waals surface area (Å²) < 4.78 is 10.8. The first-order valence-electron chi connectivity index (χ1n) is 9.43. The molecule has 2 heterocycles. The molecule has 1 aromatic carbocycles. The van der Waals surface area contributed by atoms with Crippen LogP contribution in [0.15, 0.2) is 58.1 Å². The number of carboxylic acids is 1. The number of aliphatic carboxylic acids is 1. The third-order valence-corrected chi connectivity index (χ3v) is 5.60. The second kappa shape index (κ2) is 10.7. The first-order valence-corrected chi connectivity index (χ1v) is 10.7. The van der Waals surface area contributed by atoms with Crippen LogP contribution >= 0.6 is 24.0 Å². The van der Waals surface area contributed by atoms with Crippen LogP contribution in [0.1, 0.15) is 30.6 Å². The largest absolute Gasteiger partial charge is 0.481 e. The Kier molecular flexibility index (Phi) is 7.80. The second-order valence-electron chi connectivity index (χ2n) is 6.52. The number of ether oxygens (including phenoxy) is 1. The molecule has 9 heteroatoms. The van der Waals surface area contributed by atoms with Gasteiger partial charge in [-0.05, 0) is 54.8 Å². The smallest absolute Gasteiger partial charge is 0.336 e. The van der Waals surface area contributed by atoms with Crippen molar-refractivity contribution < 1.29 is 28.6 Å². The molecule has 7 nitrogen and oxygen atoms in total. The summed E-state index contributed by atoms with van der Waals surface area (Å²) >= 11 is 6.49. The molecule has 1 aliphatic heterocycles. The van der Waals surface area contributed by atoms with Crippen molar-refractivity contribution in [3.8, 4) is 5.75 Å². The number of benzene rings is 1. The molecule has 1 saturated heterocycles. The number of carboxylic acid groups (broad SMARTS) is 1. The van der Waals surface area contributed by atoms with Gasteiger partial charge >= 0.3 is 11.9 Å². The molecule has 160 valence electrons. The average molecular weight is 458 g/mol. The molecule has 0 spiro atoms. The Balaban J connectivity index is 1.55. The van der Waals surface area contributed by atoms with Crippen LogP contribution in [-0.4, -0.2) is 38.7 Å². The fourth-order valence-electron chi connectivity index (χ4n) is 2.71. The van der Waals surface area contributed by atoms with E-state index in [0.29, 0.717) is 40.1 Å². The van der Waals surface area contributed by atoms with Gasteiger partial charge in [0.1, 0.15) is 15.8 Å². The van der Waals surface area contributed by atoms with Crippen molar-refractivity contribution in [3.05, 3.63) is 65.0 Å². The number of amides is 1. The third kappa shape index (κ3) is 6.66. The van der Waals surface area contributed by atoms with Crippen molar-refractivity contribution in [3.63, 3.8) is 0 Å². The van der Waals surface area contributed by atoms with Gasteiger partial charge in [0.2, 0.25) is 0 Å². The maximum Gasteiger partial charge on any atom is 0.336 e. The molecule has 0 aliphatic carbocycles. The van der Waals surface area contributed by atoms with Gasteiger partial charge in [-0.25, -0.2) is 4.79 Å². The highest BCUT2D eigenvalue weighted by atomic mass is 32.2. The number of carbonyl (C=O) groups excluding carboxylic acids is 2. The van der Waals surface area contributed by atoms with Gasteiger partial charge in [-0.2, -0.15) is 0 Å². The van der Waals surface area contributed by atoms with E-state index in [2.05, 4.69) is 0 Å². The van der Waals surface area contributed by atoms with E-state index in [4.69, 9.17) is 26.5 Å². The zero-order valence-corrected chi connectivity index (χ0v) is 18.0. The highest BCUT2D eigenvalue weighted by Gasteiger charge is 2.31. The number of unbranched alkanes of at least 4 members (excludes halogenated alkanes) is 1. The minimum absolute atomic E-state index is 0.0696. The molecule has 1 aliphatic rings. The van der Waals surface area contributed by atoms with Crippen LogP contribution < -0.4 is 4.74 Å². The molecule has 2 aromatic rings. The number of nitrogens with zero attached hydrogens (tertiary/aromatic N) is 1. The molecule has 1 amide bonds. The van der Waals surface area contributed by atoms with E-state index in [-0.39, 0.29) is 12.3 Å². The van der Waals surface area contributed by atoms with Crippen LogP contribution in [0.25, 0.3) is 12.2 Å². The fraction of sp³-hybridized carbons (Fsp3) is 0.182. The van der Waals surface area contributed by atoms with Gasteiger partial charge in [-0.3, -0.25) is 14.5 Å². The molecule has 0 atom stereocenters. The summed E-state index contributed by atoms with van der Waals surface area (Å²) in [5.74, 6) is -0.659. The normalized spacial score (nSPS) is 15.2. The Bertz CT molecular complexity index is 1020. The zero-order chi connectivity index (χ0) is 22.2. The quantitative estimate of drug-likeness (QED) is 0.195. The van der Waals surface area contributed by atoms with Crippen molar-refractivity contribution >= 4 is 58.3 Å². The summed E-state index contributed by atoms with van der Waals surface area (Å²) in [5, 5.41) is 8.69. The number of esters is 1. The van der Waals surface area contributed by atoms with Crippen LogP contribution in [-0.2, 0) is 14.4 Å². The number of hydrogen-bond donors (Lipinski definition) is 1. The van der Waals surface area contributed by atoms with Gasteiger partial charge in [0.15, 0.2) is 0 Å². The fourth-order valence-corrected chi connectivity index (χ4v) is 4.02. The summed E-state index contributed by atoms with van der Waals surface area (Å²) in [7, 11) is 0. The molecule has 1 aromatic heterocycles. The van der Waals surface area contributed by atoms with Crippen LogP contribution in [0, 0.1) is 0 Å². The Morgan fingerprint density at radius 3 is 2.65 bits per heavy atom. The van der Waals surface area contributed by atoms with Crippen molar-refractivity contribution in [1.29, 1.82) is 0 Å². The average Bonchev–Trinajstić information content (AvgIpc) is 3.34. The first-order chi connectivity index (χ1) is 14.9. The topological polar surface area (TPSA) is 97.0 Å². The number of hydrogen-bond acceptors (Lipinski definition) is 7. The molecular weight excluding hydrogens is 438 g/mol. The van der Waals surface area contributed by atoms with Crippen LogP contribution in [0.4, 0.5) is 0 Å². The molecular formula is C22H19NO6S2. The van der Waals surface area contributed by atoms with E-state index in [9.17, 15) is 14.4 Å². The van der Waals surface area contributed by atoms with E-state index >= 15 is 0 Å². The van der Waals surface area contributed by atoms with Crippen molar-refractivity contribution in [2.24, 2.45) is 0 Å². The van der Waals surface area contributed by atoms with Crippen molar-refractivity contribution in [2.75, 3.05) is 6.54 Å². The van der Waals surface area contributed by atoms with E-state index in [1.807, 2.05) is 0 Å². The van der Waals surface area contributed by atoms with Gasteiger partial charge in [-0.15, -0.1) is 0 Å². The summed E-state index contributed by atoms with van der Waals surface area (Å²) in [5.41, 5.74) is 0.761. The van der Waals surface area contributed by atoms with E-state index in [1.54, 1.807) is 42.5 Å². The van der Waals surface area contributed by atoms with Crippen LogP contribution in [0.2, 0.25) is 0 Å². The van der Waals surface area contributed by atoms with Crippen molar-refractivity contribution in [2.45, 2.75) is 19.3 Å². The highest BCUT2D eigenvalue weighted by Crippen LogP contribution is 2.33. The van der Waals surface area contributed by atoms with Gasteiger partial charge < -0.3 is 14.3 Å². The summed E-state index contributed by atoms with van der Waals surface area (Å²) in [4.78, 5) is 37.0. The number of furan rings is 1. The molecule has 0 bridgehead atoms. The summed E-state index contributed by atoms with van der Waals surface area (Å²) in [6.45, 7) is 0.399. The molecule has 0 unspecified atom stereocenters. The maximum absolute atomic E-state index is 12.6. The number of thioether (sulfide) groups is 1. The highest BCUT2D eigenvalue weighted by molar-refractivity contribution is 8.26. The molecule has 1 N–H and O–H groups in total. The number of carbonyl (C=O) groups is 3. The predicted molar refractivity (Wildman–Crippen MR) is 121 cm³/mol. The number of thiocarbonyl (C=S) groups is 1. The molecule has 1 fully saturated rings. The molecule has 0 radical (unpaired) electrons. The monoisotopic (exact) mass is 457 g/mol. The SMILES string of the molecule is O=C(O)CCCCN1C(=O)/C(=C\c2ccc(OC(=O)/C=C/c3ccco3)cc2)SC1=S. The lowest BCUT2D eigenvalue weighted by molar-refractivity contribution is -0.137. The van der Waals surface area contributed by atoms with Crippen LogP contribution in [0.3, 0.4) is 0 Å². The number of rotatable bonds is 9. The Morgan fingerprint density at radius 2 is 1.97 bits per heavy atom. The minimum Gasteiger partial charge on any atom is -0.481 e. The molecule has 31 heavy (non-hydrogen) atoms. The van der Waals surface area contributed by atoms with Gasteiger partial charge in [0.05, 0.1) is 11.2 Å².